The van der Waals surface area contributed by atoms with Gasteiger partial charge in [0.1, 0.15) is 0 Å². The molecular formula is C10H22N4. The molecule has 1 fully saturated rings. The highest BCUT2D eigenvalue weighted by Gasteiger charge is 2.19. The smallest absolute Gasteiger partial charge is 0.205 e. The lowest BCUT2D eigenvalue weighted by molar-refractivity contribution is 0.324. The Morgan fingerprint density at radius 2 is 2.29 bits per heavy atom. The summed E-state index contributed by atoms with van der Waals surface area (Å²) in [5, 5.41) is 3.35. The fraction of sp³-hybridized carbons (Fsp3) is 0.900. The van der Waals surface area contributed by atoms with E-state index in [4.69, 9.17) is 5.84 Å². The first-order valence-electron chi connectivity index (χ1n) is 5.53. The molecule has 0 aromatic heterocycles. The summed E-state index contributed by atoms with van der Waals surface area (Å²) in [5.74, 6) is 6.92. The lowest BCUT2D eigenvalue weighted by atomic mass is 9.87. The summed E-state index contributed by atoms with van der Waals surface area (Å²) in [7, 11) is 0. The van der Waals surface area contributed by atoms with E-state index in [2.05, 4.69) is 22.7 Å². The summed E-state index contributed by atoms with van der Waals surface area (Å²) in [5.41, 5.74) is 2.60. The molecule has 0 heterocycles. The first-order valence-corrected chi connectivity index (χ1v) is 5.53. The normalized spacial score (nSPS) is 28.6. The number of nitrogens with two attached hydrogens (primary N) is 1. The lowest BCUT2D eigenvalue weighted by Gasteiger charge is -2.28. The van der Waals surface area contributed by atoms with Crippen molar-refractivity contribution in [3.63, 3.8) is 0 Å². The minimum Gasteiger partial charge on any atom is -0.353 e. The Bertz CT molecular complexity index is 191. The van der Waals surface area contributed by atoms with Gasteiger partial charge in [0.25, 0.3) is 0 Å². The van der Waals surface area contributed by atoms with Crippen molar-refractivity contribution >= 4 is 5.96 Å². The van der Waals surface area contributed by atoms with Gasteiger partial charge in [-0.25, -0.2) is 5.84 Å². The van der Waals surface area contributed by atoms with Crippen LogP contribution in [0.2, 0.25) is 0 Å². The maximum atomic E-state index is 5.37. The highest BCUT2D eigenvalue weighted by atomic mass is 15.3. The van der Waals surface area contributed by atoms with Gasteiger partial charge in [-0.05, 0) is 25.7 Å². The molecular weight excluding hydrogens is 176 g/mol. The number of nitrogens with zero attached hydrogens (tertiary/aromatic N) is 1. The Balaban J connectivity index is 2.37. The van der Waals surface area contributed by atoms with Gasteiger partial charge in [-0.3, -0.25) is 10.4 Å². The summed E-state index contributed by atoms with van der Waals surface area (Å²) >= 11 is 0. The van der Waals surface area contributed by atoms with E-state index >= 15 is 0 Å². The Morgan fingerprint density at radius 1 is 1.50 bits per heavy atom. The van der Waals surface area contributed by atoms with Gasteiger partial charge in [-0.15, -0.1) is 0 Å². The van der Waals surface area contributed by atoms with Crippen LogP contribution in [0.1, 0.15) is 39.5 Å². The van der Waals surface area contributed by atoms with Crippen LogP contribution in [-0.2, 0) is 0 Å². The van der Waals surface area contributed by atoms with Gasteiger partial charge in [0.15, 0.2) is 0 Å². The first kappa shape index (κ1) is 11.3. The quantitative estimate of drug-likeness (QED) is 0.268. The lowest BCUT2D eigenvalue weighted by Crippen LogP contribution is -2.47. The maximum absolute atomic E-state index is 5.37. The monoisotopic (exact) mass is 198 g/mol. The number of aliphatic imine (C=N–C) groups is 1. The molecule has 4 N–H and O–H groups in total. The van der Waals surface area contributed by atoms with Crippen molar-refractivity contribution < 1.29 is 0 Å². The number of nitrogens with one attached hydrogen (secondary N) is 2. The van der Waals surface area contributed by atoms with Crippen LogP contribution < -0.4 is 16.6 Å². The SMILES string of the molecule is CCN=C(NN)NC1CCCC(C)C1. The van der Waals surface area contributed by atoms with E-state index in [1.54, 1.807) is 0 Å². The molecule has 0 aliphatic heterocycles. The van der Waals surface area contributed by atoms with Gasteiger partial charge in [0, 0.05) is 12.6 Å². The second-order valence-electron chi connectivity index (χ2n) is 4.08. The van der Waals surface area contributed by atoms with E-state index in [9.17, 15) is 0 Å². The Kier molecular flexibility index (Phi) is 4.73. The highest BCUT2D eigenvalue weighted by Crippen LogP contribution is 2.23. The first-order chi connectivity index (χ1) is 6.76. The molecule has 1 rings (SSSR count). The minimum absolute atomic E-state index is 0.542. The number of hydrazine groups is 1. The Morgan fingerprint density at radius 3 is 2.86 bits per heavy atom. The van der Waals surface area contributed by atoms with Crippen LogP contribution in [0.4, 0.5) is 0 Å². The van der Waals surface area contributed by atoms with Crippen LogP contribution in [0, 0.1) is 5.92 Å². The summed E-state index contributed by atoms with van der Waals surface area (Å²) in [6, 6.07) is 0.542. The van der Waals surface area contributed by atoms with E-state index in [1.165, 1.54) is 25.7 Å². The van der Waals surface area contributed by atoms with Gasteiger partial charge in [-0.1, -0.05) is 19.8 Å². The fourth-order valence-corrected chi connectivity index (χ4v) is 2.05. The molecule has 2 unspecified atom stereocenters. The van der Waals surface area contributed by atoms with Crippen LogP contribution in [0.3, 0.4) is 0 Å². The van der Waals surface area contributed by atoms with Crippen molar-refractivity contribution in [2.75, 3.05) is 6.54 Å². The van der Waals surface area contributed by atoms with Gasteiger partial charge in [-0.2, -0.15) is 0 Å². The second-order valence-corrected chi connectivity index (χ2v) is 4.08. The van der Waals surface area contributed by atoms with Crippen LogP contribution >= 0.6 is 0 Å². The van der Waals surface area contributed by atoms with Crippen LogP contribution in [0.15, 0.2) is 4.99 Å². The average molecular weight is 198 g/mol. The van der Waals surface area contributed by atoms with E-state index in [1.807, 2.05) is 6.92 Å². The Hall–Kier alpha value is -0.770. The molecule has 0 aromatic rings. The van der Waals surface area contributed by atoms with E-state index in [0.717, 1.165) is 18.4 Å². The summed E-state index contributed by atoms with van der Waals surface area (Å²) in [6.07, 6.45) is 5.12. The standard InChI is InChI=1S/C10H22N4/c1-3-12-10(14-11)13-9-6-4-5-8(2)7-9/h8-9H,3-7,11H2,1-2H3,(H2,12,13,14). The minimum atomic E-state index is 0.542. The summed E-state index contributed by atoms with van der Waals surface area (Å²) in [4.78, 5) is 4.23. The third-order valence-electron chi connectivity index (χ3n) is 2.73. The van der Waals surface area contributed by atoms with Crippen LogP contribution in [0.25, 0.3) is 0 Å². The zero-order chi connectivity index (χ0) is 10.4. The third kappa shape index (κ3) is 3.54. The van der Waals surface area contributed by atoms with Gasteiger partial charge in [0.05, 0.1) is 0 Å². The molecule has 4 nitrogen and oxygen atoms in total. The Labute approximate surface area is 86.3 Å². The zero-order valence-electron chi connectivity index (χ0n) is 9.21. The number of guanidine groups is 1. The fourth-order valence-electron chi connectivity index (χ4n) is 2.05. The zero-order valence-corrected chi connectivity index (χ0v) is 9.21. The van der Waals surface area contributed by atoms with E-state index in [-0.39, 0.29) is 0 Å². The number of rotatable bonds is 2. The number of hydrogen-bond acceptors (Lipinski definition) is 2. The molecule has 82 valence electrons. The van der Waals surface area contributed by atoms with Crippen molar-refractivity contribution in [3.05, 3.63) is 0 Å². The van der Waals surface area contributed by atoms with Gasteiger partial charge in [0.2, 0.25) is 5.96 Å². The number of hydrogen-bond donors (Lipinski definition) is 3. The van der Waals surface area contributed by atoms with Gasteiger partial charge < -0.3 is 5.32 Å². The molecule has 0 amide bonds. The molecule has 0 bridgehead atoms. The van der Waals surface area contributed by atoms with E-state index in [0.29, 0.717) is 6.04 Å². The van der Waals surface area contributed by atoms with E-state index < -0.39 is 0 Å². The molecule has 14 heavy (non-hydrogen) atoms. The topological polar surface area (TPSA) is 62.4 Å². The molecule has 0 saturated heterocycles. The van der Waals surface area contributed by atoms with Crippen molar-refractivity contribution in [2.45, 2.75) is 45.6 Å². The molecule has 4 heteroatoms. The summed E-state index contributed by atoms with van der Waals surface area (Å²) in [6.45, 7) is 5.07. The highest BCUT2D eigenvalue weighted by molar-refractivity contribution is 5.79. The predicted octanol–water partition coefficient (Wildman–Crippen LogP) is 0.994. The van der Waals surface area contributed by atoms with Crippen molar-refractivity contribution in [3.8, 4) is 0 Å². The molecule has 1 aliphatic rings. The molecule has 0 spiro atoms. The molecule has 1 saturated carbocycles. The van der Waals surface area contributed by atoms with Crippen molar-refractivity contribution in [1.29, 1.82) is 0 Å². The average Bonchev–Trinajstić information content (AvgIpc) is 2.17. The molecule has 1 aliphatic carbocycles. The van der Waals surface area contributed by atoms with Gasteiger partial charge >= 0.3 is 0 Å². The molecule has 2 atom stereocenters. The largest absolute Gasteiger partial charge is 0.353 e. The van der Waals surface area contributed by atoms with Crippen molar-refractivity contribution in [2.24, 2.45) is 16.8 Å². The van der Waals surface area contributed by atoms with Crippen LogP contribution in [-0.4, -0.2) is 18.5 Å². The second kappa shape index (κ2) is 5.86. The van der Waals surface area contributed by atoms with Crippen molar-refractivity contribution in [1.82, 2.24) is 10.7 Å². The summed E-state index contributed by atoms with van der Waals surface area (Å²) < 4.78 is 0. The van der Waals surface area contributed by atoms with Crippen LogP contribution in [0.5, 0.6) is 0 Å². The molecule has 0 radical (unpaired) electrons. The predicted molar refractivity (Wildman–Crippen MR) is 59.9 cm³/mol. The third-order valence-corrected chi connectivity index (χ3v) is 2.73. The maximum Gasteiger partial charge on any atom is 0.205 e. The molecule has 0 aromatic carbocycles.